The molecular weight excluding hydrogens is 205 g/mol. The Hall–Kier alpha value is -1.32. The van der Waals surface area contributed by atoms with E-state index >= 15 is 0 Å². The summed E-state index contributed by atoms with van der Waals surface area (Å²) in [6, 6.07) is 1.72. The van der Waals surface area contributed by atoms with Crippen molar-refractivity contribution in [3.05, 3.63) is 35.1 Å². The van der Waals surface area contributed by atoms with Crippen molar-refractivity contribution in [1.82, 2.24) is 0 Å². The molecular formula is C11H11F3O. The van der Waals surface area contributed by atoms with Gasteiger partial charge in [0.15, 0.2) is 17.5 Å². The first-order valence-corrected chi connectivity index (χ1v) is 4.64. The van der Waals surface area contributed by atoms with Gasteiger partial charge in [-0.05, 0) is 17.7 Å². The largest absolute Gasteiger partial charge is 0.299 e. The lowest BCUT2D eigenvalue weighted by atomic mass is 9.95. The standard InChI is InChI=1S/C11H11F3O/c1-3-10(15)6(2)7-4-8(12)11(14)9(13)5-7/h4-6H,3H2,1-2H3. The quantitative estimate of drug-likeness (QED) is 0.709. The molecule has 0 fully saturated rings. The van der Waals surface area contributed by atoms with E-state index in [1.807, 2.05) is 0 Å². The third-order valence-electron chi connectivity index (χ3n) is 2.34. The third-order valence-corrected chi connectivity index (χ3v) is 2.34. The monoisotopic (exact) mass is 216 g/mol. The highest BCUT2D eigenvalue weighted by molar-refractivity contribution is 5.85. The molecule has 1 nitrogen and oxygen atoms in total. The highest BCUT2D eigenvalue weighted by atomic mass is 19.2. The zero-order valence-electron chi connectivity index (χ0n) is 8.48. The second kappa shape index (κ2) is 4.47. The summed E-state index contributed by atoms with van der Waals surface area (Å²) in [5, 5.41) is 0. The number of ketones is 1. The summed E-state index contributed by atoms with van der Waals surface area (Å²) in [7, 11) is 0. The fourth-order valence-electron chi connectivity index (χ4n) is 1.32. The van der Waals surface area contributed by atoms with Gasteiger partial charge in [0, 0.05) is 12.3 Å². The van der Waals surface area contributed by atoms with Gasteiger partial charge < -0.3 is 0 Å². The highest BCUT2D eigenvalue weighted by Crippen LogP contribution is 2.22. The minimum Gasteiger partial charge on any atom is -0.299 e. The number of carbonyl (C=O) groups excluding carboxylic acids is 1. The van der Waals surface area contributed by atoms with E-state index in [0.717, 1.165) is 12.1 Å². The van der Waals surface area contributed by atoms with Crippen LogP contribution >= 0.6 is 0 Å². The number of carbonyl (C=O) groups is 1. The molecule has 0 heterocycles. The number of benzene rings is 1. The molecule has 0 aliphatic carbocycles. The molecule has 0 aliphatic rings. The van der Waals surface area contributed by atoms with Gasteiger partial charge in [-0.25, -0.2) is 13.2 Å². The number of Topliss-reactive ketones (excluding diaryl/α,β-unsaturated/α-hetero) is 1. The van der Waals surface area contributed by atoms with Crippen LogP contribution in [-0.4, -0.2) is 5.78 Å². The minimum atomic E-state index is -1.50. The summed E-state index contributed by atoms with van der Waals surface area (Å²) in [6.45, 7) is 3.20. The Kier molecular flexibility index (Phi) is 3.50. The smallest absolute Gasteiger partial charge is 0.194 e. The minimum absolute atomic E-state index is 0.139. The number of hydrogen-bond acceptors (Lipinski definition) is 1. The first-order chi connectivity index (χ1) is 6.97. The second-order valence-electron chi connectivity index (χ2n) is 3.34. The highest BCUT2D eigenvalue weighted by Gasteiger charge is 2.18. The van der Waals surface area contributed by atoms with Crippen LogP contribution in [0.5, 0.6) is 0 Å². The SMILES string of the molecule is CCC(=O)C(C)c1cc(F)c(F)c(F)c1. The van der Waals surface area contributed by atoms with Gasteiger partial charge in [0.2, 0.25) is 0 Å². The van der Waals surface area contributed by atoms with Gasteiger partial charge in [-0.1, -0.05) is 13.8 Å². The molecule has 4 heteroatoms. The number of halogens is 3. The van der Waals surface area contributed by atoms with Crippen LogP contribution in [0.3, 0.4) is 0 Å². The van der Waals surface area contributed by atoms with Crippen molar-refractivity contribution in [2.75, 3.05) is 0 Å². The predicted molar refractivity (Wildman–Crippen MR) is 50.0 cm³/mol. The summed E-state index contributed by atoms with van der Waals surface area (Å²) in [6.07, 6.45) is 0.280. The Balaban J connectivity index is 3.11. The Bertz CT molecular complexity index is 364. The van der Waals surface area contributed by atoms with Gasteiger partial charge in [-0.2, -0.15) is 0 Å². The molecule has 1 unspecified atom stereocenters. The van der Waals surface area contributed by atoms with Crippen molar-refractivity contribution in [3.63, 3.8) is 0 Å². The number of rotatable bonds is 3. The molecule has 1 aromatic carbocycles. The van der Waals surface area contributed by atoms with Gasteiger partial charge in [0.1, 0.15) is 5.78 Å². The Morgan fingerprint density at radius 2 is 1.73 bits per heavy atom. The molecule has 0 saturated heterocycles. The van der Waals surface area contributed by atoms with Crippen molar-refractivity contribution in [2.45, 2.75) is 26.2 Å². The summed E-state index contributed by atoms with van der Waals surface area (Å²) < 4.78 is 38.3. The lowest BCUT2D eigenvalue weighted by Crippen LogP contribution is -2.09. The average Bonchev–Trinajstić information content (AvgIpc) is 2.23. The molecule has 0 saturated carbocycles. The zero-order chi connectivity index (χ0) is 11.6. The molecule has 1 aromatic rings. The summed E-state index contributed by atoms with van der Waals surface area (Å²) in [4.78, 5) is 11.3. The van der Waals surface area contributed by atoms with E-state index in [4.69, 9.17) is 0 Å². The number of hydrogen-bond donors (Lipinski definition) is 0. The van der Waals surface area contributed by atoms with E-state index in [9.17, 15) is 18.0 Å². The Morgan fingerprint density at radius 1 is 1.27 bits per heavy atom. The summed E-state index contributed by atoms with van der Waals surface area (Å²) in [5.74, 6) is -4.78. The molecule has 0 spiro atoms. The fraction of sp³-hybridized carbons (Fsp3) is 0.364. The van der Waals surface area contributed by atoms with Gasteiger partial charge in [-0.3, -0.25) is 4.79 Å². The van der Waals surface area contributed by atoms with E-state index in [2.05, 4.69) is 0 Å². The van der Waals surface area contributed by atoms with Crippen LogP contribution in [-0.2, 0) is 4.79 Å². The molecule has 0 aromatic heterocycles. The first kappa shape index (κ1) is 11.8. The van der Waals surface area contributed by atoms with Crippen LogP contribution in [0.2, 0.25) is 0 Å². The molecule has 82 valence electrons. The maximum atomic E-state index is 12.8. The summed E-state index contributed by atoms with van der Waals surface area (Å²) >= 11 is 0. The van der Waals surface area contributed by atoms with Gasteiger partial charge in [0.25, 0.3) is 0 Å². The molecule has 1 atom stereocenters. The fourth-order valence-corrected chi connectivity index (χ4v) is 1.32. The van der Waals surface area contributed by atoms with E-state index in [0.29, 0.717) is 0 Å². The van der Waals surface area contributed by atoms with Crippen LogP contribution in [0.1, 0.15) is 31.7 Å². The topological polar surface area (TPSA) is 17.1 Å². The van der Waals surface area contributed by atoms with Gasteiger partial charge in [0.05, 0.1) is 0 Å². The van der Waals surface area contributed by atoms with Crippen molar-refractivity contribution in [3.8, 4) is 0 Å². The average molecular weight is 216 g/mol. The lowest BCUT2D eigenvalue weighted by Gasteiger charge is -2.10. The lowest BCUT2D eigenvalue weighted by molar-refractivity contribution is -0.119. The van der Waals surface area contributed by atoms with Crippen LogP contribution in [0.25, 0.3) is 0 Å². The van der Waals surface area contributed by atoms with Gasteiger partial charge >= 0.3 is 0 Å². The van der Waals surface area contributed by atoms with E-state index in [1.54, 1.807) is 6.92 Å². The first-order valence-electron chi connectivity index (χ1n) is 4.64. The molecule has 0 bridgehead atoms. The van der Waals surface area contributed by atoms with Crippen molar-refractivity contribution < 1.29 is 18.0 Å². The molecule has 1 rings (SSSR count). The molecule has 0 radical (unpaired) electrons. The summed E-state index contributed by atoms with van der Waals surface area (Å²) in [5.41, 5.74) is 0.165. The van der Waals surface area contributed by atoms with Crippen LogP contribution in [0.15, 0.2) is 12.1 Å². The predicted octanol–water partition coefficient (Wildman–Crippen LogP) is 3.19. The van der Waals surface area contributed by atoms with Crippen LogP contribution in [0.4, 0.5) is 13.2 Å². The Labute approximate surface area is 85.9 Å². The maximum absolute atomic E-state index is 12.8. The van der Waals surface area contributed by atoms with Crippen LogP contribution < -0.4 is 0 Å². The van der Waals surface area contributed by atoms with E-state index in [-0.39, 0.29) is 17.8 Å². The van der Waals surface area contributed by atoms with Crippen LogP contribution in [0, 0.1) is 17.5 Å². The normalized spacial score (nSPS) is 12.6. The third kappa shape index (κ3) is 2.37. The van der Waals surface area contributed by atoms with Crippen molar-refractivity contribution >= 4 is 5.78 Å². The van der Waals surface area contributed by atoms with Crippen molar-refractivity contribution in [2.24, 2.45) is 0 Å². The second-order valence-corrected chi connectivity index (χ2v) is 3.34. The zero-order valence-corrected chi connectivity index (χ0v) is 8.48. The molecule has 15 heavy (non-hydrogen) atoms. The molecule has 0 aliphatic heterocycles. The van der Waals surface area contributed by atoms with E-state index < -0.39 is 23.4 Å². The van der Waals surface area contributed by atoms with Gasteiger partial charge in [-0.15, -0.1) is 0 Å². The Morgan fingerprint density at radius 3 is 2.13 bits per heavy atom. The van der Waals surface area contributed by atoms with E-state index in [1.165, 1.54) is 6.92 Å². The molecule has 0 amide bonds. The molecule has 0 N–H and O–H groups in total. The van der Waals surface area contributed by atoms with Crippen molar-refractivity contribution in [1.29, 1.82) is 0 Å². The maximum Gasteiger partial charge on any atom is 0.194 e.